The molecule has 4 nitrogen and oxygen atoms in total. The number of halogens is 1. The van der Waals surface area contributed by atoms with Gasteiger partial charge in [0.1, 0.15) is 0 Å². The second-order valence-corrected chi connectivity index (χ2v) is 7.63. The number of benzene rings is 1. The molecule has 0 spiro atoms. The van der Waals surface area contributed by atoms with Gasteiger partial charge in [-0.05, 0) is 43.0 Å². The molecular weight excluding hydrogens is 330 g/mol. The van der Waals surface area contributed by atoms with Crippen LogP contribution in [0.2, 0.25) is 0 Å². The Kier molecular flexibility index (Phi) is 5.00. The number of ether oxygens (including phenoxy) is 1. The van der Waals surface area contributed by atoms with Crippen molar-refractivity contribution in [2.75, 3.05) is 26.8 Å². The Morgan fingerprint density at radius 1 is 1.37 bits per heavy atom. The average Bonchev–Trinajstić information content (AvgIpc) is 2.40. The van der Waals surface area contributed by atoms with Crippen molar-refractivity contribution >= 4 is 26.0 Å². The van der Waals surface area contributed by atoms with E-state index in [-0.39, 0.29) is 0 Å². The standard InChI is InChI=1S/C13H18BrNO3S/c1-18-10-11-3-2-8-15(9-11)19(16,17)13-6-4-12(14)5-7-13/h4-7,11H,2-3,8-10H2,1H3. The highest BCUT2D eigenvalue weighted by atomic mass is 79.9. The molecule has 0 aliphatic carbocycles. The van der Waals surface area contributed by atoms with E-state index in [0.29, 0.717) is 30.5 Å². The van der Waals surface area contributed by atoms with Crippen LogP contribution in [0.25, 0.3) is 0 Å². The fourth-order valence-corrected chi connectivity index (χ4v) is 4.19. The highest BCUT2D eigenvalue weighted by Crippen LogP contribution is 2.24. The maximum atomic E-state index is 12.5. The van der Waals surface area contributed by atoms with Crippen molar-refractivity contribution in [1.82, 2.24) is 4.31 Å². The van der Waals surface area contributed by atoms with E-state index < -0.39 is 10.0 Å². The Labute approximate surface area is 122 Å². The molecule has 1 fully saturated rings. The molecule has 1 unspecified atom stereocenters. The highest BCUT2D eigenvalue weighted by molar-refractivity contribution is 9.10. The lowest BCUT2D eigenvalue weighted by Gasteiger charge is -2.31. The molecule has 0 amide bonds. The molecule has 0 saturated carbocycles. The van der Waals surface area contributed by atoms with Crippen LogP contribution >= 0.6 is 15.9 Å². The fourth-order valence-electron chi connectivity index (χ4n) is 2.37. The van der Waals surface area contributed by atoms with Crippen molar-refractivity contribution in [2.24, 2.45) is 5.92 Å². The zero-order valence-electron chi connectivity index (χ0n) is 10.9. The van der Waals surface area contributed by atoms with Gasteiger partial charge in [-0.1, -0.05) is 15.9 Å². The third-order valence-electron chi connectivity index (χ3n) is 3.34. The largest absolute Gasteiger partial charge is 0.384 e. The third-order valence-corrected chi connectivity index (χ3v) is 5.74. The molecule has 1 heterocycles. The lowest BCUT2D eigenvalue weighted by atomic mass is 10.0. The molecule has 1 aliphatic rings. The lowest BCUT2D eigenvalue weighted by molar-refractivity contribution is 0.118. The first kappa shape index (κ1) is 15.0. The van der Waals surface area contributed by atoms with Crippen LogP contribution in [0.5, 0.6) is 0 Å². The van der Waals surface area contributed by atoms with Gasteiger partial charge in [-0.15, -0.1) is 0 Å². The Bertz CT molecular complexity index is 513. The van der Waals surface area contributed by atoms with E-state index in [0.717, 1.165) is 17.3 Å². The van der Waals surface area contributed by atoms with E-state index in [1.807, 2.05) is 0 Å². The van der Waals surface area contributed by atoms with Gasteiger partial charge in [0.2, 0.25) is 10.0 Å². The van der Waals surface area contributed by atoms with Gasteiger partial charge in [-0.25, -0.2) is 8.42 Å². The molecule has 1 aromatic carbocycles. The van der Waals surface area contributed by atoms with Crippen molar-refractivity contribution in [3.05, 3.63) is 28.7 Å². The first-order chi connectivity index (χ1) is 9.04. The maximum absolute atomic E-state index is 12.5. The summed E-state index contributed by atoms with van der Waals surface area (Å²) in [4.78, 5) is 0.355. The molecule has 19 heavy (non-hydrogen) atoms. The monoisotopic (exact) mass is 347 g/mol. The van der Waals surface area contributed by atoms with E-state index >= 15 is 0 Å². The van der Waals surface area contributed by atoms with Crippen molar-refractivity contribution in [1.29, 1.82) is 0 Å². The second-order valence-electron chi connectivity index (χ2n) is 4.78. The Balaban J connectivity index is 2.17. The van der Waals surface area contributed by atoms with Gasteiger partial charge >= 0.3 is 0 Å². The summed E-state index contributed by atoms with van der Waals surface area (Å²) >= 11 is 3.31. The molecule has 0 bridgehead atoms. The van der Waals surface area contributed by atoms with E-state index in [2.05, 4.69) is 15.9 Å². The van der Waals surface area contributed by atoms with Crippen molar-refractivity contribution in [3.63, 3.8) is 0 Å². The van der Waals surface area contributed by atoms with Crippen molar-refractivity contribution in [3.8, 4) is 0 Å². The molecule has 0 aromatic heterocycles. The number of hydrogen-bond donors (Lipinski definition) is 0. The molecular formula is C13H18BrNO3S. The van der Waals surface area contributed by atoms with Crippen LogP contribution in [0.3, 0.4) is 0 Å². The van der Waals surface area contributed by atoms with Crippen LogP contribution in [0, 0.1) is 5.92 Å². The number of nitrogens with zero attached hydrogens (tertiary/aromatic N) is 1. The summed E-state index contributed by atoms with van der Waals surface area (Å²) in [6.45, 7) is 1.76. The van der Waals surface area contributed by atoms with E-state index in [4.69, 9.17) is 4.74 Å². The van der Waals surface area contributed by atoms with E-state index in [9.17, 15) is 8.42 Å². The van der Waals surface area contributed by atoms with E-state index in [1.54, 1.807) is 35.7 Å². The Morgan fingerprint density at radius 3 is 2.68 bits per heavy atom. The van der Waals surface area contributed by atoms with Gasteiger partial charge in [0.25, 0.3) is 0 Å². The van der Waals surface area contributed by atoms with Gasteiger partial charge in [-0.3, -0.25) is 0 Å². The first-order valence-corrected chi connectivity index (χ1v) is 8.52. The van der Waals surface area contributed by atoms with Crippen LogP contribution in [0.1, 0.15) is 12.8 Å². The predicted octanol–water partition coefficient (Wildman–Crippen LogP) is 2.50. The van der Waals surface area contributed by atoms with Crippen LogP contribution in [-0.2, 0) is 14.8 Å². The van der Waals surface area contributed by atoms with Crippen molar-refractivity contribution in [2.45, 2.75) is 17.7 Å². The molecule has 1 saturated heterocycles. The minimum Gasteiger partial charge on any atom is -0.384 e. The topological polar surface area (TPSA) is 46.6 Å². The summed E-state index contributed by atoms with van der Waals surface area (Å²) in [5, 5.41) is 0. The average molecular weight is 348 g/mol. The smallest absolute Gasteiger partial charge is 0.243 e. The molecule has 1 atom stereocenters. The molecule has 0 radical (unpaired) electrons. The predicted molar refractivity (Wildman–Crippen MR) is 77.5 cm³/mol. The molecule has 0 N–H and O–H groups in total. The normalized spacial score (nSPS) is 21.5. The SMILES string of the molecule is COCC1CCCN(S(=O)(=O)c2ccc(Br)cc2)C1. The maximum Gasteiger partial charge on any atom is 0.243 e. The summed E-state index contributed by atoms with van der Waals surface area (Å²) in [6, 6.07) is 6.78. The molecule has 6 heteroatoms. The summed E-state index contributed by atoms with van der Waals surface area (Å²) in [5.74, 6) is 0.295. The Hall–Kier alpha value is -0.430. The number of sulfonamides is 1. The summed E-state index contributed by atoms with van der Waals surface area (Å²) in [6.07, 6.45) is 1.92. The molecule has 1 aliphatic heterocycles. The van der Waals surface area contributed by atoms with Gasteiger partial charge in [0.15, 0.2) is 0 Å². The number of hydrogen-bond acceptors (Lipinski definition) is 3. The van der Waals surface area contributed by atoms with Crippen LogP contribution in [0.15, 0.2) is 33.6 Å². The van der Waals surface area contributed by atoms with Gasteiger partial charge < -0.3 is 4.74 Å². The Morgan fingerprint density at radius 2 is 2.05 bits per heavy atom. The first-order valence-electron chi connectivity index (χ1n) is 6.28. The zero-order valence-corrected chi connectivity index (χ0v) is 13.3. The summed E-state index contributed by atoms with van der Waals surface area (Å²) in [5.41, 5.74) is 0. The highest BCUT2D eigenvalue weighted by Gasteiger charge is 2.30. The zero-order chi connectivity index (χ0) is 13.9. The fraction of sp³-hybridized carbons (Fsp3) is 0.538. The van der Waals surface area contributed by atoms with Crippen molar-refractivity contribution < 1.29 is 13.2 Å². The summed E-state index contributed by atoms with van der Waals surface area (Å²) in [7, 11) is -1.72. The van der Waals surface area contributed by atoms with Gasteiger partial charge in [0.05, 0.1) is 11.5 Å². The van der Waals surface area contributed by atoms with E-state index in [1.165, 1.54) is 0 Å². The van der Waals surface area contributed by atoms with Crippen LogP contribution in [0.4, 0.5) is 0 Å². The quantitative estimate of drug-likeness (QED) is 0.840. The number of methoxy groups -OCH3 is 1. The van der Waals surface area contributed by atoms with Gasteiger partial charge in [0, 0.05) is 24.7 Å². The second kappa shape index (κ2) is 6.35. The molecule has 2 rings (SSSR count). The molecule has 106 valence electrons. The van der Waals surface area contributed by atoms with Gasteiger partial charge in [-0.2, -0.15) is 4.31 Å². The minimum absolute atomic E-state index is 0.295. The lowest BCUT2D eigenvalue weighted by Crippen LogP contribution is -2.41. The molecule has 1 aromatic rings. The van der Waals surface area contributed by atoms with Crippen LogP contribution < -0.4 is 0 Å². The van der Waals surface area contributed by atoms with Crippen LogP contribution in [-0.4, -0.2) is 39.5 Å². The number of rotatable bonds is 4. The number of piperidine rings is 1. The third kappa shape index (κ3) is 3.56. The minimum atomic E-state index is -3.37. The summed E-state index contributed by atoms with van der Waals surface area (Å²) < 4.78 is 32.6.